The van der Waals surface area contributed by atoms with Gasteiger partial charge in [-0.3, -0.25) is 0 Å². The fourth-order valence-corrected chi connectivity index (χ4v) is 1.80. The van der Waals surface area contributed by atoms with E-state index < -0.39 is 5.97 Å². The van der Waals surface area contributed by atoms with Gasteiger partial charge in [0.15, 0.2) is 0 Å². The molecular formula is C14H21N3O3. The van der Waals surface area contributed by atoms with Crippen LogP contribution in [0.1, 0.15) is 23.2 Å². The van der Waals surface area contributed by atoms with Gasteiger partial charge >= 0.3 is 5.97 Å². The van der Waals surface area contributed by atoms with Crippen molar-refractivity contribution < 1.29 is 14.3 Å². The van der Waals surface area contributed by atoms with Crippen LogP contribution in [0.5, 0.6) is 0 Å². The van der Waals surface area contributed by atoms with Crippen LogP contribution in [0.25, 0.3) is 0 Å². The van der Waals surface area contributed by atoms with Gasteiger partial charge in [-0.25, -0.2) is 9.78 Å². The summed E-state index contributed by atoms with van der Waals surface area (Å²) < 4.78 is 10.3. The van der Waals surface area contributed by atoms with Gasteiger partial charge in [-0.2, -0.15) is 0 Å². The summed E-state index contributed by atoms with van der Waals surface area (Å²) in [6.07, 6.45) is 4.05. The molecule has 2 rings (SSSR count). The molecule has 1 aliphatic rings. The number of carbonyl (C=O) groups excluding carboxylic acids is 1. The quantitative estimate of drug-likeness (QED) is 0.599. The van der Waals surface area contributed by atoms with E-state index in [1.165, 1.54) is 26.1 Å². The van der Waals surface area contributed by atoms with Gasteiger partial charge in [-0.15, -0.1) is 0 Å². The summed E-state index contributed by atoms with van der Waals surface area (Å²) in [5, 5.41) is 0. The highest BCUT2D eigenvalue weighted by Crippen LogP contribution is 2.28. The first kappa shape index (κ1) is 14.6. The molecule has 1 saturated carbocycles. The first-order chi connectivity index (χ1) is 9.61. The van der Waals surface area contributed by atoms with Crippen molar-refractivity contribution in [3.05, 3.63) is 17.8 Å². The predicted octanol–water partition coefficient (Wildman–Crippen LogP) is 1.31. The van der Waals surface area contributed by atoms with Crippen LogP contribution in [-0.2, 0) is 9.47 Å². The van der Waals surface area contributed by atoms with Gasteiger partial charge in [0.25, 0.3) is 0 Å². The highest BCUT2D eigenvalue weighted by Gasteiger charge is 2.21. The second-order valence-corrected chi connectivity index (χ2v) is 5.06. The Morgan fingerprint density at radius 2 is 2.30 bits per heavy atom. The van der Waals surface area contributed by atoms with Crippen LogP contribution in [0, 0.1) is 5.92 Å². The summed E-state index contributed by atoms with van der Waals surface area (Å²) in [6, 6.07) is 1.64. The zero-order chi connectivity index (χ0) is 14.5. The molecule has 20 heavy (non-hydrogen) atoms. The van der Waals surface area contributed by atoms with Crippen LogP contribution in [0.3, 0.4) is 0 Å². The standard InChI is InChI=1S/C14H21N3O3/c1-17(5-6-20-9-10-3-4-10)13-7-11(14(18)19-2)12(15)8-16-13/h7-8,10H,3-6,9,15H2,1-2H3. The van der Waals surface area contributed by atoms with Gasteiger partial charge < -0.3 is 20.1 Å². The number of pyridine rings is 1. The Bertz CT molecular complexity index is 475. The summed E-state index contributed by atoms with van der Waals surface area (Å²) in [5.74, 6) is 0.986. The molecule has 6 nitrogen and oxygen atoms in total. The van der Waals surface area contributed by atoms with E-state index in [2.05, 4.69) is 4.98 Å². The molecule has 0 radical (unpaired) electrons. The fourth-order valence-electron chi connectivity index (χ4n) is 1.80. The van der Waals surface area contributed by atoms with E-state index in [0.29, 0.717) is 30.2 Å². The average Bonchev–Trinajstić information content (AvgIpc) is 3.27. The van der Waals surface area contributed by atoms with E-state index in [0.717, 1.165) is 12.5 Å². The zero-order valence-electron chi connectivity index (χ0n) is 12.0. The number of carbonyl (C=O) groups is 1. The van der Waals surface area contributed by atoms with Crippen molar-refractivity contribution in [2.75, 3.05) is 44.5 Å². The van der Waals surface area contributed by atoms with Gasteiger partial charge in [0, 0.05) is 20.2 Å². The number of nitrogens with two attached hydrogens (primary N) is 1. The number of hydrogen-bond acceptors (Lipinski definition) is 6. The number of likely N-dealkylation sites (N-methyl/N-ethyl adjacent to an activating group) is 1. The fraction of sp³-hybridized carbons (Fsp3) is 0.571. The minimum atomic E-state index is -0.454. The SMILES string of the molecule is COC(=O)c1cc(N(C)CCOCC2CC2)ncc1N. The predicted molar refractivity (Wildman–Crippen MR) is 76.8 cm³/mol. The third kappa shape index (κ3) is 3.84. The van der Waals surface area contributed by atoms with Gasteiger partial charge in [-0.05, 0) is 24.8 Å². The van der Waals surface area contributed by atoms with Crippen molar-refractivity contribution in [3.63, 3.8) is 0 Å². The monoisotopic (exact) mass is 279 g/mol. The van der Waals surface area contributed by atoms with Crippen molar-refractivity contribution in [3.8, 4) is 0 Å². The summed E-state index contributed by atoms with van der Waals surface area (Å²) in [4.78, 5) is 17.7. The van der Waals surface area contributed by atoms with Crippen molar-refractivity contribution in [1.82, 2.24) is 4.98 Å². The van der Waals surface area contributed by atoms with Gasteiger partial charge in [0.05, 0.1) is 31.2 Å². The maximum Gasteiger partial charge on any atom is 0.340 e. The van der Waals surface area contributed by atoms with Crippen LogP contribution in [-0.4, -0.2) is 44.9 Å². The molecule has 1 heterocycles. The second-order valence-electron chi connectivity index (χ2n) is 5.06. The molecule has 110 valence electrons. The van der Waals surface area contributed by atoms with E-state index in [-0.39, 0.29) is 0 Å². The molecule has 1 aromatic rings. The lowest BCUT2D eigenvalue weighted by atomic mass is 10.2. The van der Waals surface area contributed by atoms with Crippen LogP contribution in [0.15, 0.2) is 12.3 Å². The van der Waals surface area contributed by atoms with Crippen molar-refractivity contribution in [2.45, 2.75) is 12.8 Å². The van der Waals surface area contributed by atoms with Crippen molar-refractivity contribution >= 4 is 17.5 Å². The Morgan fingerprint density at radius 1 is 1.55 bits per heavy atom. The third-order valence-electron chi connectivity index (χ3n) is 3.34. The minimum absolute atomic E-state index is 0.319. The first-order valence-electron chi connectivity index (χ1n) is 6.74. The number of hydrogen-bond donors (Lipinski definition) is 1. The molecule has 0 aliphatic heterocycles. The largest absolute Gasteiger partial charge is 0.465 e. The molecule has 0 unspecified atom stereocenters. The molecule has 0 bridgehead atoms. The molecule has 0 aromatic carbocycles. The highest BCUT2D eigenvalue weighted by atomic mass is 16.5. The summed E-state index contributed by atoms with van der Waals surface area (Å²) >= 11 is 0. The van der Waals surface area contributed by atoms with Gasteiger partial charge in [0.2, 0.25) is 0 Å². The Kier molecular flexibility index (Phi) is 4.79. The number of nitrogen functional groups attached to an aromatic ring is 1. The molecule has 0 atom stereocenters. The number of nitrogens with zero attached hydrogens (tertiary/aromatic N) is 2. The molecule has 1 fully saturated rings. The second kappa shape index (κ2) is 6.56. The zero-order valence-corrected chi connectivity index (χ0v) is 12.0. The Morgan fingerprint density at radius 3 is 2.95 bits per heavy atom. The van der Waals surface area contributed by atoms with E-state index in [4.69, 9.17) is 15.2 Å². The van der Waals surface area contributed by atoms with Gasteiger partial charge in [-0.1, -0.05) is 0 Å². The number of esters is 1. The Hall–Kier alpha value is -1.82. The van der Waals surface area contributed by atoms with E-state index >= 15 is 0 Å². The van der Waals surface area contributed by atoms with Crippen LogP contribution in [0.2, 0.25) is 0 Å². The minimum Gasteiger partial charge on any atom is -0.465 e. The smallest absolute Gasteiger partial charge is 0.340 e. The maximum absolute atomic E-state index is 11.6. The molecule has 0 amide bonds. The maximum atomic E-state index is 11.6. The van der Waals surface area contributed by atoms with Crippen molar-refractivity contribution in [2.24, 2.45) is 5.92 Å². The molecule has 1 aliphatic carbocycles. The van der Waals surface area contributed by atoms with Crippen molar-refractivity contribution in [1.29, 1.82) is 0 Å². The summed E-state index contributed by atoms with van der Waals surface area (Å²) in [5.41, 5.74) is 6.38. The molecule has 6 heteroatoms. The normalized spacial score (nSPS) is 14.1. The number of anilines is 2. The lowest BCUT2D eigenvalue weighted by molar-refractivity contribution is 0.0602. The lowest BCUT2D eigenvalue weighted by Crippen LogP contribution is -2.24. The molecule has 2 N–H and O–H groups in total. The Labute approximate surface area is 118 Å². The summed E-state index contributed by atoms with van der Waals surface area (Å²) in [6.45, 7) is 2.20. The third-order valence-corrected chi connectivity index (χ3v) is 3.34. The number of ether oxygens (including phenoxy) is 2. The van der Waals surface area contributed by atoms with Crippen LogP contribution >= 0.6 is 0 Å². The molecule has 0 saturated heterocycles. The van der Waals surface area contributed by atoms with Gasteiger partial charge in [0.1, 0.15) is 5.82 Å². The first-order valence-corrected chi connectivity index (χ1v) is 6.74. The molecule has 0 spiro atoms. The van der Waals surface area contributed by atoms with Crippen LogP contribution < -0.4 is 10.6 Å². The Balaban J connectivity index is 1.90. The van der Waals surface area contributed by atoms with E-state index in [1.807, 2.05) is 11.9 Å². The average molecular weight is 279 g/mol. The summed E-state index contributed by atoms with van der Waals surface area (Å²) in [7, 11) is 3.23. The van der Waals surface area contributed by atoms with E-state index in [9.17, 15) is 4.79 Å². The topological polar surface area (TPSA) is 77.7 Å². The highest BCUT2D eigenvalue weighted by molar-refractivity contribution is 5.95. The van der Waals surface area contributed by atoms with Crippen LogP contribution in [0.4, 0.5) is 11.5 Å². The molecular weight excluding hydrogens is 258 g/mol. The number of methoxy groups -OCH3 is 1. The number of rotatable bonds is 7. The number of aromatic nitrogens is 1. The molecule has 1 aromatic heterocycles. The lowest BCUT2D eigenvalue weighted by Gasteiger charge is -2.19. The van der Waals surface area contributed by atoms with E-state index in [1.54, 1.807) is 6.07 Å².